The van der Waals surface area contributed by atoms with E-state index in [4.69, 9.17) is 0 Å². The summed E-state index contributed by atoms with van der Waals surface area (Å²) < 4.78 is 27.1. The third-order valence-corrected chi connectivity index (χ3v) is 8.90. The van der Waals surface area contributed by atoms with Crippen LogP contribution in [-0.2, 0) is 21.2 Å². The van der Waals surface area contributed by atoms with Crippen molar-refractivity contribution in [1.82, 2.24) is 14.1 Å². The first kappa shape index (κ1) is 21.2. The summed E-state index contributed by atoms with van der Waals surface area (Å²) in [4.78, 5) is 17.4. The summed E-state index contributed by atoms with van der Waals surface area (Å²) in [5.74, 6) is 0.277. The van der Waals surface area contributed by atoms with Gasteiger partial charge in [0.05, 0.1) is 12.5 Å². The monoisotopic (exact) mass is 424 g/mol. The van der Waals surface area contributed by atoms with Crippen LogP contribution >= 0.6 is 11.3 Å². The van der Waals surface area contributed by atoms with E-state index in [0.717, 1.165) is 17.7 Å². The minimum Gasteiger partial charge on any atom is -0.340 e. The van der Waals surface area contributed by atoms with Crippen LogP contribution in [0.25, 0.3) is 0 Å². The number of carbonyl (C=O) groups is 1. The average Bonchev–Trinajstić information content (AvgIpc) is 3.35. The van der Waals surface area contributed by atoms with Gasteiger partial charge in [0.25, 0.3) is 10.0 Å². The Morgan fingerprint density at radius 1 is 1.14 bits per heavy atom. The van der Waals surface area contributed by atoms with Crippen LogP contribution in [0, 0.1) is 17.2 Å². The number of carbonyl (C=O) groups excluding carboxylic acids is 1. The first-order valence-electron chi connectivity index (χ1n) is 9.83. The van der Waals surface area contributed by atoms with Crippen molar-refractivity contribution in [3.05, 3.63) is 17.0 Å². The second kappa shape index (κ2) is 8.91. The summed E-state index contributed by atoms with van der Waals surface area (Å²) >= 11 is 1.20. The highest BCUT2D eigenvalue weighted by Crippen LogP contribution is 2.28. The fraction of sp³-hybridized carbons (Fsp3) is 0.684. The van der Waals surface area contributed by atoms with Crippen molar-refractivity contribution in [2.45, 2.75) is 43.4 Å². The van der Waals surface area contributed by atoms with Crippen LogP contribution in [0.4, 0.5) is 0 Å². The highest BCUT2D eigenvalue weighted by Gasteiger charge is 2.30. The normalized spacial score (nSPS) is 20.4. The molecule has 1 amide bonds. The summed E-state index contributed by atoms with van der Waals surface area (Å²) in [6.07, 6.45) is 2.04. The molecule has 7 nitrogen and oxygen atoms in total. The molecule has 0 bridgehead atoms. The lowest BCUT2D eigenvalue weighted by atomic mass is 10.0. The van der Waals surface area contributed by atoms with Gasteiger partial charge in [0, 0.05) is 44.1 Å². The van der Waals surface area contributed by atoms with Crippen LogP contribution in [0.3, 0.4) is 0 Å². The van der Waals surface area contributed by atoms with Gasteiger partial charge in [-0.3, -0.25) is 9.69 Å². The Morgan fingerprint density at radius 2 is 1.79 bits per heavy atom. The van der Waals surface area contributed by atoms with E-state index in [1.165, 1.54) is 15.6 Å². The number of amides is 1. The van der Waals surface area contributed by atoms with Crippen molar-refractivity contribution >= 4 is 27.3 Å². The predicted molar refractivity (Wildman–Crippen MR) is 108 cm³/mol. The van der Waals surface area contributed by atoms with Crippen LogP contribution in [0.2, 0.25) is 0 Å². The zero-order valence-corrected chi connectivity index (χ0v) is 18.1. The highest BCUT2D eigenvalue weighted by atomic mass is 32.2. The molecule has 1 unspecified atom stereocenters. The van der Waals surface area contributed by atoms with Crippen molar-refractivity contribution in [2.24, 2.45) is 5.92 Å². The smallest absolute Gasteiger partial charge is 0.252 e. The van der Waals surface area contributed by atoms with E-state index < -0.39 is 10.0 Å². The molecular weight excluding hydrogens is 396 g/mol. The van der Waals surface area contributed by atoms with Crippen LogP contribution in [-0.4, -0.2) is 73.7 Å². The lowest BCUT2D eigenvalue weighted by molar-refractivity contribution is -0.132. The third kappa shape index (κ3) is 4.57. The van der Waals surface area contributed by atoms with E-state index in [2.05, 4.69) is 11.0 Å². The van der Waals surface area contributed by atoms with Gasteiger partial charge in [0.1, 0.15) is 10.3 Å². The van der Waals surface area contributed by atoms with Gasteiger partial charge in [-0.2, -0.15) is 9.57 Å². The van der Waals surface area contributed by atoms with E-state index in [1.54, 1.807) is 12.1 Å². The Labute approximate surface area is 171 Å². The van der Waals surface area contributed by atoms with E-state index >= 15 is 0 Å². The predicted octanol–water partition coefficient (Wildman–Crippen LogP) is 1.77. The van der Waals surface area contributed by atoms with E-state index in [-0.39, 0.29) is 24.3 Å². The molecule has 0 saturated carbocycles. The van der Waals surface area contributed by atoms with Crippen molar-refractivity contribution < 1.29 is 13.2 Å². The number of rotatable bonds is 6. The molecule has 0 aromatic carbocycles. The zero-order chi connectivity index (χ0) is 20.3. The molecule has 0 radical (unpaired) electrons. The molecule has 2 aliphatic heterocycles. The number of nitrogens with zero attached hydrogens (tertiary/aromatic N) is 4. The number of thiophene rings is 1. The zero-order valence-electron chi connectivity index (χ0n) is 16.5. The largest absolute Gasteiger partial charge is 0.340 e. The molecule has 0 N–H and O–H groups in total. The first-order valence-corrected chi connectivity index (χ1v) is 12.1. The molecule has 2 aliphatic rings. The van der Waals surface area contributed by atoms with Gasteiger partial charge < -0.3 is 4.90 Å². The van der Waals surface area contributed by atoms with Gasteiger partial charge >= 0.3 is 0 Å². The Balaban J connectivity index is 1.56. The van der Waals surface area contributed by atoms with Crippen LogP contribution in [0.5, 0.6) is 0 Å². The van der Waals surface area contributed by atoms with Gasteiger partial charge in [-0.15, -0.1) is 11.3 Å². The molecule has 1 aromatic heterocycles. The quantitative estimate of drug-likeness (QED) is 0.695. The fourth-order valence-electron chi connectivity index (χ4n) is 3.81. The number of hydrogen-bond acceptors (Lipinski definition) is 6. The average molecular weight is 425 g/mol. The van der Waals surface area contributed by atoms with Crippen molar-refractivity contribution in [3.63, 3.8) is 0 Å². The standard InChI is InChI=1S/C19H28N4O3S2/c1-15(2)17(14-20)21-9-11-22(12-10-21)18(24)13-16-5-6-19(27-16)28(25,26)23-7-3-4-8-23/h5-6,15,17H,3-4,7-13H2,1-2H3. The van der Waals surface area contributed by atoms with Gasteiger partial charge in [0.2, 0.25) is 5.91 Å². The minimum absolute atomic E-state index is 0.0182. The Hall–Kier alpha value is -1.47. The Bertz CT molecular complexity index is 830. The van der Waals surface area contributed by atoms with Gasteiger partial charge in [-0.1, -0.05) is 13.8 Å². The SMILES string of the molecule is CC(C)C(C#N)N1CCN(C(=O)Cc2ccc(S(=O)(=O)N3CCCC3)s2)CC1. The molecule has 0 spiro atoms. The van der Waals surface area contributed by atoms with Gasteiger partial charge in [-0.05, 0) is 30.9 Å². The van der Waals surface area contributed by atoms with Crippen molar-refractivity contribution in [3.8, 4) is 6.07 Å². The number of piperazine rings is 1. The summed E-state index contributed by atoms with van der Waals surface area (Å²) in [6, 6.07) is 5.62. The molecule has 2 saturated heterocycles. The molecule has 1 aromatic rings. The lowest BCUT2D eigenvalue weighted by Gasteiger charge is -2.38. The van der Waals surface area contributed by atoms with E-state index in [9.17, 15) is 18.5 Å². The van der Waals surface area contributed by atoms with Crippen molar-refractivity contribution in [2.75, 3.05) is 39.3 Å². The second-order valence-electron chi connectivity index (χ2n) is 7.74. The van der Waals surface area contributed by atoms with Crippen molar-refractivity contribution in [1.29, 1.82) is 5.26 Å². The number of sulfonamides is 1. The molecule has 3 heterocycles. The summed E-state index contributed by atoms with van der Waals surface area (Å²) in [6.45, 7) is 7.84. The van der Waals surface area contributed by atoms with Crippen LogP contribution in [0.1, 0.15) is 31.6 Å². The molecule has 1 atom stereocenters. The Kier molecular flexibility index (Phi) is 6.76. The molecule has 154 valence electrons. The topological polar surface area (TPSA) is 84.7 Å². The third-order valence-electron chi connectivity index (χ3n) is 5.45. The maximum atomic E-state index is 12.7. The summed E-state index contributed by atoms with van der Waals surface area (Å²) in [5.41, 5.74) is 0. The van der Waals surface area contributed by atoms with Crippen LogP contribution < -0.4 is 0 Å². The lowest BCUT2D eigenvalue weighted by Crippen LogP contribution is -2.53. The van der Waals surface area contributed by atoms with Crippen LogP contribution in [0.15, 0.2) is 16.3 Å². The molecular formula is C19H28N4O3S2. The van der Waals surface area contributed by atoms with E-state index in [0.29, 0.717) is 43.5 Å². The number of hydrogen-bond donors (Lipinski definition) is 0. The number of nitriles is 1. The molecule has 0 aliphatic carbocycles. The molecule has 3 rings (SSSR count). The minimum atomic E-state index is -3.42. The molecule has 9 heteroatoms. The maximum Gasteiger partial charge on any atom is 0.252 e. The molecule has 2 fully saturated rings. The Morgan fingerprint density at radius 3 is 2.36 bits per heavy atom. The summed E-state index contributed by atoms with van der Waals surface area (Å²) in [7, 11) is -3.42. The fourth-order valence-corrected chi connectivity index (χ4v) is 6.83. The van der Waals surface area contributed by atoms with Gasteiger partial charge in [0.15, 0.2) is 0 Å². The van der Waals surface area contributed by atoms with E-state index in [1.807, 2.05) is 18.7 Å². The van der Waals surface area contributed by atoms with Gasteiger partial charge in [-0.25, -0.2) is 8.42 Å². The molecule has 28 heavy (non-hydrogen) atoms. The highest BCUT2D eigenvalue weighted by molar-refractivity contribution is 7.91. The maximum absolute atomic E-state index is 12.7. The summed E-state index contributed by atoms with van der Waals surface area (Å²) in [5, 5.41) is 9.34. The first-order chi connectivity index (χ1) is 13.3. The second-order valence-corrected chi connectivity index (χ2v) is 11.1.